The topological polar surface area (TPSA) is 99.9 Å². The number of morpholine rings is 1. The summed E-state index contributed by atoms with van der Waals surface area (Å²) < 4.78 is 5.54. The lowest BCUT2D eigenvalue weighted by molar-refractivity contribution is -0.137. The molecule has 2 aromatic rings. The maximum atomic E-state index is 14.3. The van der Waals surface area contributed by atoms with Gasteiger partial charge in [-0.2, -0.15) is 0 Å². The number of hydrogen-bond acceptors (Lipinski definition) is 6. The van der Waals surface area contributed by atoms with E-state index in [0.717, 1.165) is 93.8 Å². The molecule has 2 aliphatic heterocycles. The van der Waals surface area contributed by atoms with Gasteiger partial charge in [-0.05, 0) is 98.1 Å². The highest BCUT2D eigenvalue weighted by atomic mass is 16.5. The van der Waals surface area contributed by atoms with Crippen LogP contribution in [0.2, 0.25) is 0 Å². The zero-order chi connectivity index (χ0) is 36.7. The lowest BCUT2D eigenvalue weighted by Gasteiger charge is -2.51. The number of nitrogens with one attached hydrogen (secondary N) is 2. The van der Waals surface area contributed by atoms with Gasteiger partial charge in [-0.25, -0.2) is 0 Å². The molecule has 0 bridgehead atoms. The van der Waals surface area contributed by atoms with Gasteiger partial charge in [0.1, 0.15) is 0 Å². The van der Waals surface area contributed by atoms with E-state index in [2.05, 4.69) is 84.7 Å². The molecule has 4 fully saturated rings. The lowest BCUT2D eigenvalue weighted by Crippen LogP contribution is -2.61. The fourth-order valence-corrected chi connectivity index (χ4v) is 10.0. The second-order valence-corrected chi connectivity index (χ2v) is 16.8. The van der Waals surface area contributed by atoms with Gasteiger partial charge in [0, 0.05) is 62.6 Å². The van der Waals surface area contributed by atoms with Gasteiger partial charge in [-0.1, -0.05) is 82.6 Å². The number of ether oxygens (including phenoxy) is 1. The highest BCUT2D eigenvalue weighted by Gasteiger charge is 2.50. The van der Waals surface area contributed by atoms with Crippen molar-refractivity contribution in [3.05, 3.63) is 53.1 Å². The van der Waals surface area contributed by atoms with Crippen LogP contribution in [0.1, 0.15) is 125 Å². The Balaban J connectivity index is 1.24. The maximum absolute atomic E-state index is 14.3. The average molecular weight is 714 g/mol. The van der Waals surface area contributed by atoms with E-state index in [1.165, 1.54) is 56.9 Å². The SMILES string of the molecule is Cc1c(C(=O)NCC2C(=O)NC(C)C3(CCCCCCCCCC3)C2C)cc(-c2ccc(CN3CCOCC3)cc2)cc1N(C)C1CCC(N)CC1. The molecule has 2 aliphatic carbocycles. The molecule has 2 amide bonds. The largest absolute Gasteiger partial charge is 0.379 e. The van der Waals surface area contributed by atoms with Crippen LogP contribution in [0.15, 0.2) is 36.4 Å². The van der Waals surface area contributed by atoms with E-state index < -0.39 is 0 Å². The molecule has 3 unspecified atom stereocenters. The molecule has 3 atom stereocenters. The Bertz CT molecular complexity index is 1470. The molecule has 2 saturated carbocycles. The normalized spacial score (nSPS) is 27.7. The number of rotatable bonds is 8. The van der Waals surface area contributed by atoms with Crippen molar-refractivity contribution in [2.75, 3.05) is 44.8 Å². The molecule has 2 saturated heterocycles. The Morgan fingerprint density at radius 2 is 1.54 bits per heavy atom. The smallest absolute Gasteiger partial charge is 0.251 e. The van der Waals surface area contributed by atoms with Crippen molar-refractivity contribution in [1.29, 1.82) is 0 Å². The van der Waals surface area contributed by atoms with E-state index in [9.17, 15) is 9.59 Å². The van der Waals surface area contributed by atoms with Crippen LogP contribution in [-0.2, 0) is 16.1 Å². The van der Waals surface area contributed by atoms with Crippen LogP contribution < -0.4 is 21.3 Å². The van der Waals surface area contributed by atoms with Gasteiger partial charge in [0.05, 0.1) is 19.1 Å². The molecule has 2 aromatic carbocycles. The Morgan fingerprint density at radius 3 is 2.17 bits per heavy atom. The monoisotopic (exact) mass is 714 g/mol. The molecule has 0 radical (unpaired) electrons. The van der Waals surface area contributed by atoms with Crippen molar-refractivity contribution < 1.29 is 14.3 Å². The molecule has 52 heavy (non-hydrogen) atoms. The summed E-state index contributed by atoms with van der Waals surface area (Å²) in [5.74, 6) is -0.0704. The Kier molecular flexibility index (Phi) is 13.4. The van der Waals surface area contributed by atoms with Gasteiger partial charge in [-0.15, -0.1) is 0 Å². The Hall–Kier alpha value is -2.94. The highest BCUT2D eigenvalue weighted by Crippen LogP contribution is 2.48. The molecule has 4 aliphatic rings. The molecular formula is C44H67N5O3. The van der Waals surface area contributed by atoms with E-state index in [1.54, 1.807) is 0 Å². The quantitative estimate of drug-likeness (QED) is 0.261. The van der Waals surface area contributed by atoms with Crippen LogP contribution in [0.3, 0.4) is 0 Å². The standard InChI is InChI=1S/C44H67N5O3/c1-31-39(42(50)46-29-40-32(2)44(33(3)47-43(40)51)21-11-9-7-5-6-8-10-12-22-44)27-36(28-41(31)48(4)38-19-17-37(45)18-20-38)35-15-13-34(14-16-35)30-49-23-25-52-26-24-49/h13-16,27-28,32-33,37-38,40H,5-12,17-26,29-30,45H2,1-4H3,(H,46,50)(H,47,51). The minimum atomic E-state index is -0.249. The van der Waals surface area contributed by atoms with Gasteiger partial charge in [-0.3, -0.25) is 14.5 Å². The third-order valence-electron chi connectivity index (χ3n) is 13.7. The summed E-state index contributed by atoms with van der Waals surface area (Å²) in [5.41, 5.74) is 12.5. The number of piperidine rings is 1. The number of carbonyl (C=O) groups excluding carboxylic acids is 2. The molecule has 4 N–H and O–H groups in total. The van der Waals surface area contributed by atoms with Crippen molar-refractivity contribution in [3.63, 3.8) is 0 Å². The molecule has 1 spiro atoms. The van der Waals surface area contributed by atoms with Crippen molar-refractivity contribution in [1.82, 2.24) is 15.5 Å². The predicted molar refractivity (Wildman–Crippen MR) is 213 cm³/mol. The van der Waals surface area contributed by atoms with Crippen LogP contribution >= 0.6 is 0 Å². The van der Waals surface area contributed by atoms with Gasteiger partial charge in [0.25, 0.3) is 5.91 Å². The fraction of sp³-hybridized carbons (Fsp3) is 0.682. The van der Waals surface area contributed by atoms with Gasteiger partial charge in [0.15, 0.2) is 0 Å². The molecule has 8 nitrogen and oxygen atoms in total. The minimum Gasteiger partial charge on any atom is -0.379 e. The van der Waals surface area contributed by atoms with Crippen molar-refractivity contribution in [2.24, 2.45) is 23.0 Å². The fourth-order valence-electron chi connectivity index (χ4n) is 10.0. The van der Waals surface area contributed by atoms with Crippen LogP contribution in [0.5, 0.6) is 0 Å². The van der Waals surface area contributed by atoms with Gasteiger partial charge < -0.3 is 26.0 Å². The highest BCUT2D eigenvalue weighted by molar-refractivity contribution is 5.99. The van der Waals surface area contributed by atoms with E-state index in [-0.39, 0.29) is 41.1 Å². The van der Waals surface area contributed by atoms with Gasteiger partial charge in [0.2, 0.25) is 5.91 Å². The van der Waals surface area contributed by atoms with Crippen LogP contribution in [0.4, 0.5) is 5.69 Å². The van der Waals surface area contributed by atoms with Crippen LogP contribution in [0, 0.1) is 24.2 Å². The first-order chi connectivity index (χ1) is 25.2. The first-order valence-electron chi connectivity index (χ1n) is 20.8. The third kappa shape index (κ3) is 9.05. The predicted octanol–water partition coefficient (Wildman–Crippen LogP) is 7.60. The number of hydrogen-bond donors (Lipinski definition) is 3. The average Bonchev–Trinajstić information content (AvgIpc) is 3.20. The van der Waals surface area contributed by atoms with E-state index in [0.29, 0.717) is 18.2 Å². The summed E-state index contributed by atoms with van der Waals surface area (Å²) >= 11 is 0. The summed E-state index contributed by atoms with van der Waals surface area (Å²) in [6.07, 6.45) is 16.7. The van der Waals surface area contributed by atoms with Crippen molar-refractivity contribution >= 4 is 17.5 Å². The number of nitrogens with two attached hydrogens (primary N) is 1. The first kappa shape index (κ1) is 38.8. The van der Waals surface area contributed by atoms with E-state index in [4.69, 9.17) is 10.5 Å². The molecular weight excluding hydrogens is 647 g/mol. The third-order valence-corrected chi connectivity index (χ3v) is 13.7. The summed E-state index contributed by atoms with van der Waals surface area (Å²) in [6, 6.07) is 14.0. The molecule has 2 heterocycles. The lowest BCUT2D eigenvalue weighted by atomic mass is 9.59. The Morgan fingerprint density at radius 1 is 0.923 bits per heavy atom. The molecule has 8 heteroatoms. The molecule has 286 valence electrons. The van der Waals surface area contributed by atoms with Gasteiger partial charge >= 0.3 is 0 Å². The van der Waals surface area contributed by atoms with E-state index in [1.807, 2.05) is 0 Å². The second kappa shape index (κ2) is 17.9. The minimum absolute atomic E-state index is 0.0653. The number of benzene rings is 2. The van der Waals surface area contributed by atoms with Crippen molar-refractivity contribution in [2.45, 2.75) is 135 Å². The number of anilines is 1. The number of nitrogens with zero attached hydrogens (tertiary/aromatic N) is 2. The summed E-state index contributed by atoms with van der Waals surface area (Å²) in [4.78, 5) is 32.8. The Labute approximate surface area is 314 Å². The first-order valence-corrected chi connectivity index (χ1v) is 20.8. The summed E-state index contributed by atoms with van der Waals surface area (Å²) in [5, 5.41) is 6.71. The van der Waals surface area contributed by atoms with Crippen molar-refractivity contribution in [3.8, 4) is 11.1 Å². The van der Waals surface area contributed by atoms with Crippen LogP contribution in [-0.4, -0.2) is 74.7 Å². The second-order valence-electron chi connectivity index (χ2n) is 16.8. The summed E-state index contributed by atoms with van der Waals surface area (Å²) in [6.45, 7) is 11.4. The molecule has 6 rings (SSSR count). The maximum Gasteiger partial charge on any atom is 0.251 e. The van der Waals surface area contributed by atoms with E-state index >= 15 is 0 Å². The number of carbonyl (C=O) groups is 2. The molecule has 0 aromatic heterocycles. The zero-order valence-electron chi connectivity index (χ0n) is 32.7. The van der Waals surface area contributed by atoms with Crippen LogP contribution in [0.25, 0.3) is 11.1 Å². The zero-order valence-corrected chi connectivity index (χ0v) is 32.7. The summed E-state index contributed by atoms with van der Waals surface area (Å²) in [7, 11) is 2.18. The number of amides is 2.